The number of carbonyl (C=O) groups excluding carboxylic acids is 5. The number of aryl methyl sites for hydroxylation is 13. The molecule has 0 aliphatic carbocycles. The molecule has 0 aliphatic heterocycles. The van der Waals surface area contributed by atoms with E-state index in [9.17, 15) is 45.2 Å². The van der Waals surface area contributed by atoms with Gasteiger partial charge in [-0.05, 0) is 242 Å². The van der Waals surface area contributed by atoms with Crippen molar-refractivity contribution in [3.63, 3.8) is 0 Å². The van der Waals surface area contributed by atoms with E-state index in [0.29, 0.717) is 108 Å². The number of nitrogens with two attached hydrogens (primary N) is 5. The van der Waals surface area contributed by atoms with Gasteiger partial charge in [0.2, 0.25) is 25.2 Å². The van der Waals surface area contributed by atoms with E-state index in [1.165, 1.54) is 80.0 Å². The summed E-state index contributed by atoms with van der Waals surface area (Å²) in [5, 5.41) is 66.2. The molecule has 0 aliphatic rings. The van der Waals surface area contributed by atoms with Crippen LogP contribution in [0.5, 0.6) is 0 Å². The number of anilines is 5. The number of carbonyl (C=O) groups is 5. The van der Waals surface area contributed by atoms with E-state index in [2.05, 4.69) is 130 Å². The van der Waals surface area contributed by atoms with Gasteiger partial charge in [0.1, 0.15) is 48.5 Å². The summed E-state index contributed by atoms with van der Waals surface area (Å²) in [4.78, 5) is 72.3. The number of alkyl halides is 1. The lowest BCUT2D eigenvalue weighted by Crippen LogP contribution is -2.23. The summed E-state index contributed by atoms with van der Waals surface area (Å²) in [6, 6.07) is 42.7. The van der Waals surface area contributed by atoms with E-state index in [-0.39, 0.29) is 56.4 Å². The van der Waals surface area contributed by atoms with Gasteiger partial charge in [0.15, 0.2) is 0 Å². The maximum atomic E-state index is 13.3. The highest BCUT2D eigenvalue weighted by molar-refractivity contribution is 7.92. The first kappa shape index (κ1) is 99.7. The number of benzene rings is 6. The SMILES string of the molecule is Cc1nnc2sc(C(=O)NCc3ccc(-n4cccn4)cc3)c(N)c2c1C.Cc1nnc2sc(C(=O)NCc3ccc(S(=O)(=O)C(C)F)cc3Cl)c(N)c2c1C.Cc1nnc2sc(C(=O)NCc3ccc(S(=O)(=O)c4ccccc4)cc3)c(N)c2c1C.Cc1nnc2sc(C(=O)NCc3ccc4[nH]c(C)c(C)c4c3)c(N)c2c1C.Cc1nnc2sc(C(=O)NCc3ccc4c(ccn4C)c3)c(N)c2c1C. The average Bonchev–Trinajstić information content (AvgIpc) is 1.60. The zero-order valence-corrected chi connectivity index (χ0v) is 84.7. The highest BCUT2D eigenvalue weighted by Crippen LogP contribution is 2.41. The van der Waals surface area contributed by atoms with Crippen molar-refractivity contribution in [1.82, 2.24) is 96.9 Å². The third-order valence-electron chi connectivity index (χ3n) is 24.1. The van der Waals surface area contributed by atoms with Crippen LogP contribution in [-0.2, 0) is 59.4 Å². The van der Waals surface area contributed by atoms with Crippen molar-refractivity contribution in [3.8, 4) is 5.69 Å². The molecule has 1 atom stereocenters. The second-order valence-corrected chi connectivity index (χ2v) is 42.6. The lowest BCUT2D eigenvalue weighted by Gasteiger charge is -2.10. The summed E-state index contributed by atoms with van der Waals surface area (Å²) in [5.74, 6) is -1.29. The molecule has 0 fully saturated rings. The average molecular weight is 2030 g/mol. The second-order valence-electron chi connectivity index (χ2n) is 33.1. The van der Waals surface area contributed by atoms with Gasteiger partial charge in [-0.1, -0.05) is 72.3 Å². The number of rotatable bonds is 20. The Morgan fingerprint density at radius 2 is 0.764 bits per heavy atom. The van der Waals surface area contributed by atoms with Gasteiger partial charge in [-0.2, -0.15) is 30.6 Å². The van der Waals surface area contributed by atoms with Gasteiger partial charge in [-0.25, -0.2) is 25.9 Å². The first-order valence-electron chi connectivity index (χ1n) is 43.5. The Hall–Kier alpha value is -14.7. The van der Waals surface area contributed by atoms with Crippen LogP contribution in [0.25, 0.3) is 78.6 Å². The Bertz CT molecular complexity index is 8330. The summed E-state index contributed by atoms with van der Waals surface area (Å²) in [5.41, 5.74) is 49.8. The van der Waals surface area contributed by atoms with Gasteiger partial charge in [0.05, 0.1) is 77.3 Å². The molecule has 19 aromatic rings. The standard InChI is InChI=1S/C22H20N4O3S2.C20H21N5OS.C19H18N6OS.C19H19N5OS.C18H18ClFN4O3S2/c1-13-14(2)25-26-22-18(13)19(23)20(30-22)21(27)24-12-15-8-10-17(11-9-15)31(28,29)16-6-4-3-5-7-16;1-9-11(3)23-15-6-5-13(7-14(9)15)8-22-19(26)18-17(21)16-10(2)12(4)24-25-20(16)27-18;1-11-12(2)23-24-19-15(11)16(20)17(27-19)18(26)21-10-13-4-6-14(7-5-13)25-9-3-8-22-25;1-10-11(2)22-23-19-15(10)16(20)17(26-19)18(25)21-9-12-4-5-14-13(8-12)6-7-24(14)3;1-8-9(2)23-24-18-14(8)15(21)16(28-18)17(25)22-7-11-4-5-12(6-13(11)19)29(26,27)10(3)20/h3-11H,12,23H2,1-2H3,(H,24,27);5-7,23H,8,21H2,1-4H3,(H,22,26);3-9H,10,20H2,1-2H3,(H,21,26);4-8H,9,20H2,1-3H3,(H,21,25);4-6,10H,7,21H2,1-3H3,(H,22,25). The molecule has 0 spiro atoms. The molecule has 0 bridgehead atoms. The van der Waals surface area contributed by atoms with Crippen molar-refractivity contribution in [3.05, 3.63) is 289 Å². The molecule has 13 heterocycles. The van der Waals surface area contributed by atoms with Crippen LogP contribution in [0, 0.1) is 83.1 Å². The number of nitrogens with zero attached hydrogens (tertiary/aromatic N) is 13. The smallest absolute Gasteiger partial charge is 0.263 e. The van der Waals surface area contributed by atoms with Crippen LogP contribution < -0.4 is 55.3 Å². The van der Waals surface area contributed by atoms with Crippen LogP contribution >= 0.6 is 68.3 Å². The van der Waals surface area contributed by atoms with Gasteiger partial charge in [0, 0.05) is 112 Å². The molecule has 19 rings (SSSR count). The summed E-state index contributed by atoms with van der Waals surface area (Å²) in [6.45, 7) is 25.6. The quantitative estimate of drug-likeness (QED) is 0.0337. The lowest BCUT2D eigenvalue weighted by molar-refractivity contribution is 0.0947. The first-order chi connectivity index (χ1) is 66.7. The molecule has 6 aromatic carbocycles. The van der Waals surface area contributed by atoms with Crippen LogP contribution in [0.4, 0.5) is 32.8 Å². The number of hydrogen-bond acceptors (Lipinski definition) is 30. The fourth-order valence-corrected chi connectivity index (χ4v) is 22.8. The third-order valence-corrected chi connectivity index (χ3v) is 33.4. The summed E-state index contributed by atoms with van der Waals surface area (Å²) in [7, 11) is -5.64. The Morgan fingerprint density at radius 3 is 1.15 bits per heavy atom. The molecule has 33 nitrogen and oxygen atoms in total. The maximum Gasteiger partial charge on any atom is 0.263 e. The molecule has 1 unspecified atom stereocenters. The predicted molar refractivity (Wildman–Crippen MR) is 554 cm³/mol. The predicted octanol–water partition coefficient (Wildman–Crippen LogP) is 17.5. The van der Waals surface area contributed by atoms with Crippen LogP contribution in [0.2, 0.25) is 5.02 Å². The van der Waals surface area contributed by atoms with E-state index in [4.69, 9.17) is 40.3 Å². The molecule has 0 radical (unpaired) electrons. The van der Waals surface area contributed by atoms with E-state index < -0.39 is 31.1 Å². The lowest BCUT2D eigenvalue weighted by atomic mass is 10.1. The monoisotopic (exact) mass is 2030 g/mol. The minimum absolute atomic E-state index is 0.0422. The van der Waals surface area contributed by atoms with Crippen molar-refractivity contribution in [2.24, 2.45) is 7.05 Å². The molecule has 42 heteroatoms. The molecule has 16 N–H and O–H groups in total. The van der Waals surface area contributed by atoms with Crippen LogP contribution in [0.1, 0.15) is 151 Å². The first-order valence-corrected chi connectivity index (χ1v) is 50.9. The Morgan fingerprint density at radius 1 is 0.407 bits per heavy atom. The van der Waals surface area contributed by atoms with E-state index in [1.54, 1.807) is 65.5 Å². The van der Waals surface area contributed by atoms with Gasteiger partial charge >= 0.3 is 0 Å². The molecule has 0 saturated carbocycles. The van der Waals surface area contributed by atoms with E-state index in [0.717, 1.165) is 141 Å². The summed E-state index contributed by atoms with van der Waals surface area (Å²) in [6.07, 6.45) is 5.64. The van der Waals surface area contributed by atoms with Crippen LogP contribution in [-0.4, -0.2) is 122 Å². The Balaban J connectivity index is 0.000000132. The molecule has 5 amide bonds. The number of nitrogens with one attached hydrogen (secondary N) is 6. The summed E-state index contributed by atoms with van der Waals surface area (Å²) >= 11 is 12.3. The third kappa shape index (κ3) is 20.7. The molecule has 718 valence electrons. The number of aromatic amines is 1. The van der Waals surface area contributed by atoms with Crippen molar-refractivity contribution in [2.45, 2.75) is 143 Å². The fraction of sp³-hybridized carbons (Fsp3) is 0.204. The topological polar surface area (TPSA) is 511 Å². The minimum Gasteiger partial charge on any atom is -0.397 e. The molecule has 140 heavy (non-hydrogen) atoms. The normalized spacial score (nSPS) is 11.7. The van der Waals surface area contributed by atoms with Crippen molar-refractivity contribution >= 4 is 219 Å². The van der Waals surface area contributed by atoms with Crippen LogP contribution in [0.15, 0.2) is 179 Å². The molecule has 0 saturated heterocycles. The van der Waals surface area contributed by atoms with Crippen LogP contribution in [0.3, 0.4) is 0 Å². The molecular formula is C98H96ClFN24O9S7. The highest BCUT2D eigenvalue weighted by atomic mass is 35.5. The highest BCUT2D eigenvalue weighted by Gasteiger charge is 2.29. The van der Waals surface area contributed by atoms with Crippen molar-refractivity contribution < 1.29 is 45.2 Å². The van der Waals surface area contributed by atoms with Gasteiger partial charge < -0.3 is 64.8 Å². The molecular weight excluding hydrogens is 1940 g/mol. The van der Waals surface area contributed by atoms with E-state index >= 15 is 0 Å². The van der Waals surface area contributed by atoms with E-state index in [1.807, 2.05) is 137 Å². The number of sulfone groups is 2. The number of hydrogen-bond donors (Lipinski definition) is 11. The number of H-pyrrole nitrogens is 1. The maximum absolute atomic E-state index is 13.3. The largest absolute Gasteiger partial charge is 0.397 e. The van der Waals surface area contributed by atoms with Crippen molar-refractivity contribution in [2.75, 3.05) is 28.7 Å². The minimum atomic E-state index is -4.08. The fourth-order valence-electron chi connectivity index (χ4n) is 15.2. The number of halogens is 2. The van der Waals surface area contributed by atoms with Crippen molar-refractivity contribution in [1.29, 1.82) is 0 Å². The molecule has 13 aromatic heterocycles. The zero-order valence-electron chi connectivity index (χ0n) is 78.2. The number of fused-ring (bicyclic) bond motifs is 7. The number of aromatic nitrogens is 14. The Labute approximate surface area is 827 Å². The van der Waals surface area contributed by atoms with Gasteiger partial charge in [-0.3, -0.25) is 24.0 Å². The van der Waals surface area contributed by atoms with Gasteiger partial charge in [-0.15, -0.1) is 82.2 Å². The second kappa shape index (κ2) is 41.5. The Kier molecular flexibility index (Phi) is 29.6. The van der Waals surface area contributed by atoms with Gasteiger partial charge in [0.25, 0.3) is 29.5 Å². The number of thiophene rings is 5. The number of nitrogen functional groups attached to an aromatic ring is 5. The summed E-state index contributed by atoms with van der Waals surface area (Å²) < 4.78 is 66.3. The zero-order chi connectivity index (χ0) is 100. The number of amides is 5.